The van der Waals surface area contributed by atoms with Gasteiger partial charge in [0.05, 0.1) is 32.5 Å². The summed E-state index contributed by atoms with van der Waals surface area (Å²) in [4.78, 5) is 7.40. The monoisotopic (exact) mass is 512 g/mol. The molecule has 0 amide bonds. The van der Waals surface area contributed by atoms with Crippen molar-refractivity contribution >= 4 is 29.9 Å². The second-order valence-corrected chi connectivity index (χ2v) is 7.79. The molecule has 7 nitrogen and oxygen atoms in total. The Bertz CT molecular complexity index is 414. The van der Waals surface area contributed by atoms with Crippen LogP contribution in [0, 0.1) is 5.92 Å². The highest BCUT2D eigenvalue weighted by molar-refractivity contribution is 14.0. The molecular formula is C20H41IN4O3. The SMILES string of the molecule is CCNC(=NCC(CC(C)C)N1CCOCC1)NCCCOC1CCOC1.I. The lowest BCUT2D eigenvalue weighted by Gasteiger charge is -2.34. The second-order valence-electron chi connectivity index (χ2n) is 7.79. The number of hydrogen-bond acceptors (Lipinski definition) is 5. The van der Waals surface area contributed by atoms with E-state index >= 15 is 0 Å². The van der Waals surface area contributed by atoms with Gasteiger partial charge in [-0.3, -0.25) is 9.89 Å². The molecule has 0 aliphatic carbocycles. The Morgan fingerprint density at radius 2 is 1.96 bits per heavy atom. The summed E-state index contributed by atoms with van der Waals surface area (Å²) >= 11 is 0. The van der Waals surface area contributed by atoms with E-state index in [0.29, 0.717) is 12.0 Å². The van der Waals surface area contributed by atoms with Crippen molar-refractivity contribution in [3.63, 3.8) is 0 Å². The molecule has 2 saturated heterocycles. The Labute approximate surface area is 188 Å². The third kappa shape index (κ3) is 10.6. The molecule has 166 valence electrons. The summed E-state index contributed by atoms with van der Waals surface area (Å²) in [5, 5.41) is 6.80. The molecule has 2 unspecified atom stereocenters. The predicted octanol–water partition coefficient (Wildman–Crippen LogP) is 2.10. The minimum Gasteiger partial charge on any atom is -0.379 e. The fraction of sp³-hybridized carbons (Fsp3) is 0.950. The first kappa shape index (κ1) is 25.9. The molecule has 0 spiro atoms. The number of halogens is 1. The minimum absolute atomic E-state index is 0. The van der Waals surface area contributed by atoms with E-state index in [2.05, 4.69) is 36.3 Å². The van der Waals surface area contributed by atoms with Gasteiger partial charge in [0.1, 0.15) is 0 Å². The number of ether oxygens (including phenoxy) is 3. The highest BCUT2D eigenvalue weighted by Gasteiger charge is 2.21. The third-order valence-corrected chi connectivity index (χ3v) is 4.96. The molecule has 2 aliphatic heterocycles. The summed E-state index contributed by atoms with van der Waals surface area (Å²) in [6, 6.07) is 0.482. The van der Waals surface area contributed by atoms with Gasteiger partial charge in [-0.05, 0) is 32.1 Å². The molecule has 0 saturated carbocycles. The molecule has 0 radical (unpaired) electrons. The van der Waals surface area contributed by atoms with Crippen molar-refractivity contribution in [3.8, 4) is 0 Å². The summed E-state index contributed by atoms with van der Waals surface area (Å²) in [5.41, 5.74) is 0. The van der Waals surface area contributed by atoms with Crippen molar-refractivity contribution in [2.24, 2.45) is 10.9 Å². The van der Waals surface area contributed by atoms with Crippen molar-refractivity contribution in [1.82, 2.24) is 15.5 Å². The van der Waals surface area contributed by atoms with Crippen LogP contribution in [0.4, 0.5) is 0 Å². The van der Waals surface area contributed by atoms with Crippen molar-refractivity contribution in [2.45, 2.75) is 52.2 Å². The van der Waals surface area contributed by atoms with E-state index < -0.39 is 0 Å². The number of guanidine groups is 1. The third-order valence-electron chi connectivity index (χ3n) is 4.96. The van der Waals surface area contributed by atoms with E-state index in [1.807, 2.05) is 0 Å². The zero-order valence-corrected chi connectivity index (χ0v) is 20.3. The Balaban J connectivity index is 0.00000392. The summed E-state index contributed by atoms with van der Waals surface area (Å²) < 4.78 is 16.7. The van der Waals surface area contributed by atoms with Gasteiger partial charge >= 0.3 is 0 Å². The average molecular weight is 512 g/mol. The number of morpholine rings is 1. The minimum atomic E-state index is 0. The highest BCUT2D eigenvalue weighted by atomic mass is 127. The Kier molecular flexibility index (Phi) is 14.5. The van der Waals surface area contributed by atoms with E-state index in [1.165, 1.54) is 6.42 Å². The molecule has 0 bridgehead atoms. The van der Waals surface area contributed by atoms with Gasteiger partial charge in [-0.25, -0.2) is 0 Å². The Morgan fingerprint density at radius 3 is 2.61 bits per heavy atom. The number of aliphatic imine (C=N–C) groups is 1. The van der Waals surface area contributed by atoms with Gasteiger partial charge in [0.15, 0.2) is 5.96 Å². The van der Waals surface area contributed by atoms with Gasteiger partial charge < -0.3 is 24.8 Å². The smallest absolute Gasteiger partial charge is 0.191 e. The fourth-order valence-corrected chi connectivity index (χ4v) is 3.54. The van der Waals surface area contributed by atoms with Crippen molar-refractivity contribution in [2.75, 3.05) is 65.8 Å². The van der Waals surface area contributed by atoms with E-state index in [1.54, 1.807) is 0 Å². The predicted molar refractivity (Wildman–Crippen MR) is 125 cm³/mol. The molecule has 8 heteroatoms. The van der Waals surface area contributed by atoms with E-state index in [-0.39, 0.29) is 30.1 Å². The maximum atomic E-state index is 5.82. The van der Waals surface area contributed by atoms with E-state index in [0.717, 1.165) is 84.6 Å². The van der Waals surface area contributed by atoms with Crippen LogP contribution in [-0.4, -0.2) is 88.8 Å². The van der Waals surface area contributed by atoms with Gasteiger partial charge in [0.2, 0.25) is 0 Å². The van der Waals surface area contributed by atoms with Crippen LogP contribution in [0.3, 0.4) is 0 Å². The fourth-order valence-electron chi connectivity index (χ4n) is 3.54. The van der Waals surface area contributed by atoms with Crippen LogP contribution in [0.25, 0.3) is 0 Å². The van der Waals surface area contributed by atoms with Crippen LogP contribution in [0.2, 0.25) is 0 Å². The van der Waals surface area contributed by atoms with Gasteiger partial charge in [0, 0.05) is 45.4 Å². The molecular weight excluding hydrogens is 471 g/mol. The first-order valence-corrected chi connectivity index (χ1v) is 10.7. The molecule has 2 rings (SSSR count). The zero-order chi connectivity index (χ0) is 19.3. The van der Waals surface area contributed by atoms with Gasteiger partial charge in [-0.2, -0.15) is 0 Å². The lowest BCUT2D eigenvalue weighted by Crippen LogP contribution is -2.46. The summed E-state index contributed by atoms with van der Waals surface area (Å²) in [6.07, 6.45) is 3.45. The van der Waals surface area contributed by atoms with Crippen LogP contribution in [-0.2, 0) is 14.2 Å². The van der Waals surface area contributed by atoms with Crippen LogP contribution in [0.15, 0.2) is 4.99 Å². The maximum Gasteiger partial charge on any atom is 0.191 e. The number of nitrogens with zero attached hydrogens (tertiary/aromatic N) is 2. The van der Waals surface area contributed by atoms with Gasteiger partial charge in [0.25, 0.3) is 0 Å². The topological polar surface area (TPSA) is 67.4 Å². The first-order chi connectivity index (χ1) is 13.2. The Hall–Kier alpha value is -0.160. The lowest BCUT2D eigenvalue weighted by molar-refractivity contribution is 0.0143. The van der Waals surface area contributed by atoms with Gasteiger partial charge in [-0.15, -0.1) is 24.0 Å². The quantitative estimate of drug-likeness (QED) is 0.191. The molecule has 2 N–H and O–H groups in total. The summed E-state index contributed by atoms with van der Waals surface area (Å²) in [6.45, 7) is 15.3. The second kappa shape index (κ2) is 15.6. The maximum absolute atomic E-state index is 5.82. The Morgan fingerprint density at radius 1 is 1.18 bits per heavy atom. The molecule has 0 aromatic rings. The average Bonchev–Trinajstić information content (AvgIpc) is 3.18. The molecule has 28 heavy (non-hydrogen) atoms. The normalized spacial score (nSPS) is 22.1. The van der Waals surface area contributed by atoms with E-state index in [9.17, 15) is 0 Å². The summed E-state index contributed by atoms with van der Waals surface area (Å²) in [7, 11) is 0. The molecule has 2 fully saturated rings. The van der Waals surface area contributed by atoms with Crippen molar-refractivity contribution in [1.29, 1.82) is 0 Å². The molecule has 0 aromatic carbocycles. The molecule has 2 aliphatic rings. The number of rotatable bonds is 11. The number of hydrogen-bond donors (Lipinski definition) is 2. The van der Waals surface area contributed by atoms with Crippen LogP contribution in [0.5, 0.6) is 0 Å². The van der Waals surface area contributed by atoms with Crippen molar-refractivity contribution < 1.29 is 14.2 Å². The lowest BCUT2D eigenvalue weighted by atomic mass is 10.0. The van der Waals surface area contributed by atoms with Gasteiger partial charge in [-0.1, -0.05) is 13.8 Å². The highest BCUT2D eigenvalue weighted by Crippen LogP contribution is 2.14. The van der Waals surface area contributed by atoms with Crippen LogP contribution in [0.1, 0.15) is 40.0 Å². The van der Waals surface area contributed by atoms with Crippen LogP contribution < -0.4 is 10.6 Å². The standard InChI is InChI=1S/C20H40N4O3.HI/c1-4-21-20(22-7-5-10-27-19-6-11-26-16-19)23-15-18(14-17(2)3)24-8-12-25-13-9-24;/h17-19H,4-16H2,1-3H3,(H2,21,22,23);1H. The zero-order valence-electron chi connectivity index (χ0n) is 18.0. The summed E-state index contributed by atoms with van der Waals surface area (Å²) in [5.74, 6) is 1.57. The molecule has 2 atom stereocenters. The molecule has 2 heterocycles. The number of nitrogens with one attached hydrogen (secondary N) is 2. The van der Waals surface area contributed by atoms with E-state index in [4.69, 9.17) is 19.2 Å². The first-order valence-electron chi connectivity index (χ1n) is 10.7. The van der Waals surface area contributed by atoms with Crippen LogP contribution >= 0.6 is 24.0 Å². The molecule has 0 aromatic heterocycles. The van der Waals surface area contributed by atoms with Crippen molar-refractivity contribution in [3.05, 3.63) is 0 Å². The largest absolute Gasteiger partial charge is 0.379 e.